The molecule has 1 aliphatic rings. The molecule has 0 bridgehead atoms. The number of aromatic nitrogens is 2. The fourth-order valence-corrected chi connectivity index (χ4v) is 6.09. The van der Waals surface area contributed by atoms with Crippen molar-refractivity contribution in [3.63, 3.8) is 0 Å². The van der Waals surface area contributed by atoms with Gasteiger partial charge in [0, 0.05) is 17.2 Å². The molecule has 0 saturated carbocycles. The number of hydrogen-bond acceptors (Lipinski definition) is 4. The Hall–Kier alpha value is -3.84. The van der Waals surface area contributed by atoms with Crippen LogP contribution in [-0.4, -0.2) is 39.9 Å². The summed E-state index contributed by atoms with van der Waals surface area (Å²) in [6, 6.07) is 26.5. The molecular weight excluding hydrogens is 492 g/mol. The summed E-state index contributed by atoms with van der Waals surface area (Å²) in [6.45, 7) is 7.88. The van der Waals surface area contributed by atoms with Crippen LogP contribution in [0.4, 0.5) is 5.82 Å². The zero-order valence-electron chi connectivity index (χ0n) is 22.1. The molecule has 1 aromatic heterocycles. The van der Waals surface area contributed by atoms with Crippen molar-refractivity contribution in [2.24, 2.45) is 0 Å². The molecule has 1 atom stereocenters. The van der Waals surface area contributed by atoms with Crippen LogP contribution in [0.2, 0.25) is 0 Å². The summed E-state index contributed by atoms with van der Waals surface area (Å²) in [5, 5.41) is 7.98. The summed E-state index contributed by atoms with van der Waals surface area (Å²) in [5.41, 5.74) is 6.89. The number of anilines is 1. The van der Waals surface area contributed by atoms with E-state index in [1.54, 1.807) is 16.7 Å². The number of amides is 2. The van der Waals surface area contributed by atoms with Crippen LogP contribution in [0.5, 0.6) is 0 Å². The number of para-hydroxylation sites is 1. The molecule has 1 unspecified atom stereocenters. The summed E-state index contributed by atoms with van der Waals surface area (Å²) >= 11 is 1.59. The van der Waals surface area contributed by atoms with Gasteiger partial charge in [0.25, 0.3) is 0 Å². The van der Waals surface area contributed by atoms with E-state index in [1.165, 1.54) is 0 Å². The first-order valence-corrected chi connectivity index (χ1v) is 13.9. The Morgan fingerprint density at radius 3 is 2.47 bits per heavy atom. The van der Waals surface area contributed by atoms with E-state index < -0.39 is 0 Å². The third kappa shape index (κ3) is 5.11. The van der Waals surface area contributed by atoms with Gasteiger partial charge in [-0.05, 0) is 44.9 Å². The third-order valence-electron chi connectivity index (χ3n) is 6.58. The minimum absolute atomic E-state index is 0.0281. The van der Waals surface area contributed by atoms with Gasteiger partial charge in [-0.25, -0.2) is 4.68 Å². The molecule has 38 heavy (non-hydrogen) atoms. The minimum atomic E-state index is -0.197. The summed E-state index contributed by atoms with van der Waals surface area (Å²) in [7, 11) is 0. The first-order chi connectivity index (χ1) is 18.3. The second-order valence-electron chi connectivity index (χ2n) is 9.96. The number of fused-ring (bicyclic) bond motifs is 1. The lowest BCUT2D eigenvalue weighted by Gasteiger charge is -2.24. The highest BCUT2D eigenvalue weighted by Gasteiger charge is 2.38. The molecule has 0 aliphatic carbocycles. The molecular formula is C31H32N4O2S. The van der Waals surface area contributed by atoms with E-state index in [0.29, 0.717) is 5.82 Å². The third-order valence-corrected chi connectivity index (χ3v) is 7.83. The van der Waals surface area contributed by atoms with Crippen LogP contribution < -0.4 is 10.2 Å². The van der Waals surface area contributed by atoms with E-state index in [4.69, 9.17) is 5.10 Å². The van der Waals surface area contributed by atoms with Crippen molar-refractivity contribution < 1.29 is 9.59 Å². The SMILES string of the molecule is Cc1cccc(C2SCC(=O)N(CC(=O)NC(C)C)c3c2c(-c2ccccc2)nn3-c2ccccc2C)c1. The summed E-state index contributed by atoms with van der Waals surface area (Å²) in [4.78, 5) is 28.4. The van der Waals surface area contributed by atoms with Crippen LogP contribution in [0.25, 0.3) is 16.9 Å². The number of aryl methyl sites for hydroxylation is 2. The van der Waals surface area contributed by atoms with E-state index in [9.17, 15) is 9.59 Å². The van der Waals surface area contributed by atoms with Gasteiger partial charge >= 0.3 is 0 Å². The smallest absolute Gasteiger partial charge is 0.240 e. The highest BCUT2D eigenvalue weighted by molar-refractivity contribution is 8.00. The monoisotopic (exact) mass is 524 g/mol. The van der Waals surface area contributed by atoms with Crippen LogP contribution in [0.15, 0.2) is 78.9 Å². The quantitative estimate of drug-likeness (QED) is 0.344. The Morgan fingerprint density at radius 2 is 1.76 bits per heavy atom. The zero-order chi connectivity index (χ0) is 26.8. The molecule has 3 aromatic carbocycles. The molecule has 0 saturated heterocycles. The van der Waals surface area contributed by atoms with Crippen molar-refractivity contribution in [3.8, 4) is 16.9 Å². The Morgan fingerprint density at radius 1 is 1.03 bits per heavy atom. The van der Waals surface area contributed by atoms with Crippen LogP contribution in [0, 0.1) is 13.8 Å². The van der Waals surface area contributed by atoms with Gasteiger partial charge in [0.1, 0.15) is 12.4 Å². The molecule has 0 fully saturated rings. The molecule has 0 spiro atoms. The predicted molar refractivity (Wildman–Crippen MR) is 155 cm³/mol. The lowest BCUT2D eigenvalue weighted by molar-refractivity contribution is -0.123. The summed E-state index contributed by atoms with van der Waals surface area (Å²) < 4.78 is 1.86. The van der Waals surface area contributed by atoms with Gasteiger partial charge < -0.3 is 5.32 Å². The average molecular weight is 525 g/mol. The van der Waals surface area contributed by atoms with Gasteiger partial charge in [0.05, 0.1) is 22.4 Å². The van der Waals surface area contributed by atoms with E-state index in [-0.39, 0.29) is 35.4 Å². The Labute approximate surface area is 228 Å². The molecule has 1 N–H and O–H groups in total. The lowest BCUT2D eigenvalue weighted by atomic mass is 9.98. The maximum atomic E-state index is 13.7. The van der Waals surface area contributed by atoms with Crippen LogP contribution >= 0.6 is 11.8 Å². The molecule has 7 heteroatoms. The number of nitrogens with zero attached hydrogens (tertiary/aromatic N) is 3. The number of carbonyl (C=O) groups excluding carboxylic acids is 2. The van der Waals surface area contributed by atoms with Crippen LogP contribution in [0.1, 0.15) is 41.4 Å². The number of benzene rings is 3. The normalized spacial score (nSPS) is 15.3. The van der Waals surface area contributed by atoms with Gasteiger partial charge in [0.15, 0.2) is 0 Å². The standard InChI is InChI=1S/C31H32N4O2S/c1-20(2)32-26(36)18-34-27(37)19-38-30(24-15-10-11-21(3)17-24)28-29(23-13-6-5-7-14-23)33-35(31(28)34)25-16-9-8-12-22(25)4/h5-17,20,30H,18-19H2,1-4H3,(H,32,36). The second-order valence-corrected chi connectivity index (χ2v) is 11.1. The fraction of sp³-hybridized carbons (Fsp3) is 0.258. The van der Waals surface area contributed by atoms with Gasteiger partial charge in [-0.1, -0.05) is 78.4 Å². The largest absolute Gasteiger partial charge is 0.352 e. The number of thioether (sulfide) groups is 1. The summed E-state index contributed by atoms with van der Waals surface area (Å²) in [5.74, 6) is 0.597. The van der Waals surface area contributed by atoms with Crippen molar-refractivity contribution in [2.45, 2.75) is 39.0 Å². The number of rotatable bonds is 6. The van der Waals surface area contributed by atoms with E-state index in [1.807, 2.05) is 80.1 Å². The van der Waals surface area contributed by atoms with Crippen molar-refractivity contribution in [2.75, 3.05) is 17.2 Å². The Bertz CT molecular complexity index is 1480. The van der Waals surface area contributed by atoms with E-state index in [0.717, 1.165) is 39.2 Å². The van der Waals surface area contributed by atoms with Gasteiger partial charge in [-0.3, -0.25) is 14.5 Å². The molecule has 0 radical (unpaired) electrons. The topological polar surface area (TPSA) is 67.2 Å². The first-order valence-electron chi connectivity index (χ1n) is 12.9. The second kappa shape index (κ2) is 10.9. The Balaban J connectivity index is 1.82. The first kappa shape index (κ1) is 25.8. The average Bonchev–Trinajstić information content (AvgIpc) is 3.21. The molecule has 2 amide bonds. The fourth-order valence-electron chi connectivity index (χ4n) is 4.91. The molecule has 5 rings (SSSR count). The summed E-state index contributed by atoms with van der Waals surface area (Å²) in [6.07, 6.45) is 0. The molecule has 194 valence electrons. The van der Waals surface area contributed by atoms with Crippen LogP contribution in [0.3, 0.4) is 0 Å². The maximum absolute atomic E-state index is 13.7. The van der Waals surface area contributed by atoms with E-state index >= 15 is 0 Å². The number of hydrogen-bond donors (Lipinski definition) is 1. The molecule has 2 heterocycles. The zero-order valence-corrected chi connectivity index (χ0v) is 23.0. The highest BCUT2D eigenvalue weighted by Crippen LogP contribution is 2.48. The molecule has 4 aromatic rings. The van der Waals surface area contributed by atoms with Gasteiger partial charge in [-0.2, -0.15) is 5.10 Å². The molecule has 1 aliphatic heterocycles. The van der Waals surface area contributed by atoms with Gasteiger partial charge in [-0.15, -0.1) is 11.8 Å². The van der Waals surface area contributed by atoms with Crippen molar-refractivity contribution in [3.05, 3.63) is 101 Å². The van der Waals surface area contributed by atoms with Crippen molar-refractivity contribution >= 4 is 29.4 Å². The van der Waals surface area contributed by atoms with Gasteiger partial charge in [0.2, 0.25) is 11.8 Å². The minimum Gasteiger partial charge on any atom is -0.352 e. The lowest BCUT2D eigenvalue weighted by Crippen LogP contribution is -2.44. The predicted octanol–water partition coefficient (Wildman–Crippen LogP) is 5.85. The number of nitrogens with one attached hydrogen (secondary N) is 1. The number of carbonyl (C=O) groups is 2. The highest BCUT2D eigenvalue weighted by atomic mass is 32.2. The van der Waals surface area contributed by atoms with E-state index in [2.05, 4.69) is 36.5 Å². The van der Waals surface area contributed by atoms with Crippen molar-refractivity contribution in [1.29, 1.82) is 0 Å². The van der Waals surface area contributed by atoms with Crippen LogP contribution in [-0.2, 0) is 9.59 Å². The molecule has 6 nitrogen and oxygen atoms in total. The van der Waals surface area contributed by atoms with Crippen molar-refractivity contribution in [1.82, 2.24) is 15.1 Å². The maximum Gasteiger partial charge on any atom is 0.240 e. The Kier molecular flexibility index (Phi) is 7.38.